The Bertz CT molecular complexity index is 1370. The molecule has 1 aliphatic rings. The van der Waals surface area contributed by atoms with Crippen LogP contribution < -0.4 is 0 Å². The zero-order chi connectivity index (χ0) is 51.5. The van der Waals surface area contributed by atoms with E-state index in [1.54, 1.807) is 0 Å². The average Bonchev–Trinajstić information content (AvgIpc) is 3.31. The van der Waals surface area contributed by atoms with Gasteiger partial charge in [-0.15, -0.1) is 0 Å². The highest BCUT2D eigenvalue weighted by Gasteiger charge is 2.32. The first-order chi connectivity index (χ1) is 33.7. The van der Waals surface area contributed by atoms with Crippen molar-refractivity contribution in [2.75, 3.05) is 111 Å². The molecule has 20 heteroatoms. The van der Waals surface area contributed by atoms with Crippen molar-refractivity contribution in [2.24, 2.45) is 23.7 Å². The van der Waals surface area contributed by atoms with Crippen molar-refractivity contribution in [3.05, 3.63) is 0 Å². The van der Waals surface area contributed by atoms with Crippen molar-refractivity contribution in [1.29, 1.82) is 0 Å². The molecule has 408 valence electrons. The maximum atomic E-state index is 12.3. The highest BCUT2D eigenvalue weighted by atomic mass is 33.1. The van der Waals surface area contributed by atoms with Crippen molar-refractivity contribution in [3.8, 4) is 0 Å². The number of carboxylic acid groups (broad SMARTS) is 1. The van der Waals surface area contributed by atoms with Crippen LogP contribution in [0.3, 0.4) is 0 Å². The lowest BCUT2D eigenvalue weighted by Gasteiger charge is -2.29. The van der Waals surface area contributed by atoms with Gasteiger partial charge < -0.3 is 57.2 Å². The number of hydrogen-bond acceptors (Lipinski definition) is 19. The minimum atomic E-state index is -1.11. The molecule has 1 aliphatic heterocycles. The Morgan fingerprint density at radius 2 is 0.671 bits per heavy atom. The SMILES string of the molecule is CC(C)CCC[C@@H](C)CCC[C@@H](C)CCCC(C)CCOC(=O)CCC(=O)OCCOCCOCCOCCOCCOCCOCCOC(=O)CCC(=O)O[C@@H]1CSSC[C@H]1OC(=O)CCC(=O)O. The van der Waals surface area contributed by atoms with E-state index in [2.05, 4.69) is 34.6 Å². The van der Waals surface area contributed by atoms with Gasteiger partial charge in [-0.2, -0.15) is 0 Å². The van der Waals surface area contributed by atoms with E-state index >= 15 is 0 Å². The molecule has 1 heterocycles. The molecule has 0 spiro atoms. The molecule has 0 bridgehead atoms. The van der Waals surface area contributed by atoms with Crippen molar-refractivity contribution in [3.63, 3.8) is 0 Å². The summed E-state index contributed by atoms with van der Waals surface area (Å²) in [6, 6.07) is 0. The Morgan fingerprint density at radius 1 is 0.386 bits per heavy atom. The van der Waals surface area contributed by atoms with Crippen LogP contribution in [0.2, 0.25) is 0 Å². The van der Waals surface area contributed by atoms with Crippen molar-refractivity contribution in [2.45, 2.75) is 150 Å². The maximum Gasteiger partial charge on any atom is 0.306 e. The molecule has 1 rings (SSSR count). The van der Waals surface area contributed by atoms with Crippen LogP contribution in [-0.4, -0.2) is 164 Å². The van der Waals surface area contributed by atoms with Crippen LogP contribution in [0.1, 0.15) is 137 Å². The van der Waals surface area contributed by atoms with Crippen molar-refractivity contribution >= 4 is 57.4 Å². The van der Waals surface area contributed by atoms with E-state index in [0.717, 1.165) is 30.6 Å². The van der Waals surface area contributed by atoms with Crippen molar-refractivity contribution < 1.29 is 86.0 Å². The predicted molar refractivity (Wildman–Crippen MR) is 266 cm³/mol. The highest BCUT2D eigenvalue weighted by Crippen LogP contribution is 2.33. The summed E-state index contributed by atoms with van der Waals surface area (Å²) in [5.41, 5.74) is 0. The number of carbonyl (C=O) groups excluding carboxylic acids is 5. The minimum Gasteiger partial charge on any atom is -0.481 e. The standard InChI is InChI=1S/C50H88O18S2/c1-39(2)9-6-10-40(3)11-7-12-41(4)13-8-14-42(5)21-22-64-46(53)17-18-47(54)65-35-33-62-31-29-60-27-25-58-23-24-59-26-28-61-30-32-63-34-36-66-48(55)19-20-50(57)68-44-38-70-69-37-43(44)67-49(56)16-15-45(51)52/h39-44H,6-38H2,1-5H3,(H,51,52)/t40-,41-,42?,43-,44-/m1/s1. The molecule has 1 fully saturated rings. The van der Waals surface area contributed by atoms with E-state index < -0.39 is 42.1 Å². The quantitative estimate of drug-likeness (QED) is 0.0265. The third-order valence-corrected chi connectivity index (χ3v) is 13.5. The van der Waals surface area contributed by atoms with Gasteiger partial charge in [0.1, 0.15) is 25.4 Å². The van der Waals surface area contributed by atoms with Crippen LogP contribution in [0.5, 0.6) is 0 Å². The third-order valence-electron chi connectivity index (χ3n) is 11.1. The molecule has 18 nitrogen and oxygen atoms in total. The predicted octanol–water partition coefficient (Wildman–Crippen LogP) is 7.82. The molecule has 5 atom stereocenters. The summed E-state index contributed by atoms with van der Waals surface area (Å²) in [7, 11) is 2.92. The number of rotatable bonds is 47. The first kappa shape index (κ1) is 65.3. The van der Waals surface area contributed by atoms with Gasteiger partial charge in [-0.05, 0) is 30.1 Å². The molecular formula is C50H88O18S2. The van der Waals surface area contributed by atoms with Crippen LogP contribution >= 0.6 is 21.6 Å². The summed E-state index contributed by atoms with van der Waals surface area (Å²) in [4.78, 5) is 71.0. The smallest absolute Gasteiger partial charge is 0.306 e. The van der Waals surface area contributed by atoms with Crippen LogP contribution in [0.25, 0.3) is 0 Å². The fourth-order valence-electron chi connectivity index (χ4n) is 6.90. The number of carbonyl (C=O) groups is 6. The topological polar surface area (TPSA) is 224 Å². The summed E-state index contributed by atoms with van der Waals surface area (Å²) < 4.78 is 59.0. The third kappa shape index (κ3) is 41.9. The van der Waals surface area contributed by atoms with E-state index in [-0.39, 0.29) is 70.9 Å². The second-order valence-electron chi connectivity index (χ2n) is 18.1. The second kappa shape index (κ2) is 44.9. The Balaban J connectivity index is 1.84. The fourth-order valence-corrected chi connectivity index (χ4v) is 9.30. The second-order valence-corrected chi connectivity index (χ2v) is 20.7. The summed E-state index contributed by atoms with van der Waals surface area (Å²) in [5.74, 6) is -0.149. The number of aliphatic carboxylic acids is 1. The lowest BCUT2D eigenvalue weighted by Crippen LogP contribution is -2.40. The molecule has 70 heavy (non-hydrogen) atoms. The maximum absolute atomic E-state index is 12.3. The molecule has 0 aromatic rings. The Labute approximate surface area is 425 Å². The Morgan fingerprint density at radius 3 is 1.01 bits per heavy atom. The van der Waals surface area contributed by atoms with Crippen LogP contribution in [-0.2, 0) is 80.9 Å². The number of hydrogen-bond donors (Lipinski definition) is 1. The largest absolute Gasteiger partial charge is 0.481 e. The lowest BCUT2D eigenvalue weighted by molar-refractivity contribution is -0.166. The van der Waals surface area contributed by atoms with Gasteiger partial charge in [-0.1, -0.05) is 114 Å². The number of carboxylic acids is 1. The summed E-state index contributed by atoms with van der Waals surface area (Å²) in [5, 5.41) is 8.73. The summed E-state index contributed by atoms with van der Waals surface area (Å²) >= 11 is 0. The van der Waals surface area contributed by atoms with E-state index in [9.17, 15) is 28.8 Å². The first-order valence-corrected chi connectivity index (χ1v) is 28.0. The molecule has 0 aliphatic carbocycles. The zero-order valence-electron chi connectivity index (χ0n) is 43.0. The molecule has 1 unspecified atom stereocenters. The van der Waals surface area contributed by atoms with Crippen LogP contribution in [0.4, 0.5) is 0 Å². The molecule has 1 saturated heterocycles. The average molecular weight is 1040 g/mol. The first-order valence-electron chi connectivity index (χ1n) is 25.5. The van der Waals surface area contributed by atoms with Gasteiger partial charge in [0, 0.05) is 11.5 Å². The highest BCUT2D eigenvalue weighted by molar-refractivity contribution is 8.76. The monoisotopic (exact) mass is 1040 g/mol. The molecular weight excluding hydrogens is 953 g/mol. The minimum absolute atomic E-state index is 0.00263. The van der Waals surface area contributed by atoms with Gasteiger partial charge in [0.25, 0.3) is 0 Å². The van der Waals surface area contributed by atoms with Gasteiger partial charge in [-0.3, -0.25) is 28.8 Å². The van der Waals surface area contributed by atoms with Crippen molar-refractivity contribution in [1.82, 2.24) is 0 Å². The van der Waals surface area contributed by atoms with E-state index in [4.69, 9.17) is 57.2 Å². The summed E-state index contributed by atoms with van der Waals surface area (Å²) in [6.07, 6.45) is 10.0. The zero-order valence-corrected chi connectivity index (χ0v) is 44.6. The van der Waals surface area contributed by atoms with Gasteiger partial charge in [0.2, 0.25) is 0 Å². The summed E-state index contributed by atoms with van der Waals surface area (Å²) in [6.45, 7) is 16.1. The van der Waals surface area contributed by atoms with Crippen LogP contribution in [0.15, 0.2) is 0 Å². The molecule has 0 aromatic carbocycles. The lowest BCUT2D eigenvalue weighted by atomic mass is 9.91. The van der Waals surface area contributed by atoms with Gasteiger partial charge in [0.05, 0.1) is 124 Å². The molecule has 1 N–H and O–H groups in total. The van der Waals surface area contributed by atoms with Crippen LogP contribution in [0, 0.1) is 23.7 Å². The molecule has 0 aromatic heterocycles. The van der Waals surface area contributed by atoms with Gasteiger partial charge in [0.15, 0.2) is 0 Å². The van der Waals surface area contributed by atoms with E-state index in [1.165, 1.54) is 73.0 Å². The number of ether oxygens (including phenoxy) is 11. The fraction of sp³-hybridized carbons (Fsp3) is 0.880. The number of esters is 5. The molecule has 0 amide bonds. The van der Waals surface area contributed by atoms with E-state index in [1.807, 2.05) is 0 Å². The molecule has 0 radical (unpaired) electrons. The van der Waals surface area contributed by atoms with Gasteiger partial charge >= 0.3 is 35.8 Å². The van der Waals surface area contributed by atoms with E-state index in [0.29, 0.717) is 90.1 Å². The normalized spacial score (nSPS) is 16.0. The van der Waals surface area contributed by atoms with Gasteiger partial charge in [-0.25, -0.2) is 0 Å². The molecule has 0 saturated carbocycles. The Hall–Kier alpha value is -2.72. The Kier molecular flexibility index (Phi) is 41.9.